The Balaban J connectivity index is 0.000000195. The quantitative estimate of drug-likeness (QED) is 0.0575. The summed E-state index contributed by atoms with van der Waals surface area (Å²) in [7, 11) is 0. The predicted octanol–water partition coefficient (Wildman–Crippen LogP) is 17.2. The maximum Gasteiger partial charge on any atom is 0.256 e. The van der Waals surface area contributed by atoms with Crippen molar-refractivity contribution in [2.24, 2.45) is 0 Å². The molecule has 6 aromatic carbocycles. The van der Waals surface area contributed by atoms with Crippen molar-refractivity contribution in [2.45, 2.75) is 156 Å². The van der Waals surface area contributed by atoms with Crippen LogP contribution in [0.15, 0.2) is 122 Å². The molecule has 0 saturated carbocycles. The molecule has 3 atom stereocenters. The molecule has 0 unspecified atom stereocenters. The first-order chi connectivity index (χ1) is 56.7. The summed E-state index contributed by atoms with van der Waals surface area (Å²) >= 11 is 0. The first kappa shape index (κ1) is 33.4. The molecule has 0 radical (unpaired) electrons. The Morgan fingerprint density at radius 2 is 0.900 bits per heavy atom. The zero-order chi connectivity index (χ0) is 93.4. The third-order valence-corrected chi connectivity index (χ3v) is 12.8. The van der Waals surface area contributed by atoms with E-state index in [4.69, 9.17) is 94.1 Å². The predicted molar refractivity (Wildman–Crippen MR) is 350 cm³/mol. The van der Waals surface area contributed by atoms with Crippen LogP contribution in [0.1, 0.15) is 199 Å². The van der Waals surface area contributed by atoms with Crippen molar-refractivity contribution >= 4 is 17.1 Å². The van der Waals surface area contributed by atoms with Crippen LogP contribution in [0.25, 0.3) is 83.1 Å². The fourth-order valence-electron chi connectivity index (χ4n) is 9.00. The minimum atomic E-state index is -2.75. The van der Waals surface area contributed by atoms with Gasteiger partial charge in [-0.2, -0.15) is 15.0 Å². The summed E-state index contributed by atoms with van der Waals surface area (Å²) in [5, 5.41) is 19.4. The molecule has 462 valence electrons. The third-order valence-electron chi connectivity index (χ3n) is 12.8. The normalized spacial score (nSPS) is 23.3. The van der Waals surface area contributed by atoms with Gasteiger partial charge in [0.15, 0.2) is 0 Å². The number of ether oxygens (including phenoxy) is 3. The summed E-state index contributed by atoms with van der Waals surface area (Å²) in [5.74, 6) is -3.46. The van der Waals surface area contributed by atoms with Crippen molar-refractivity contribution in [3.8, 4) is 85.8 Å². The Labute approximate surface area is 575 Å². The summed E-state index contributed by atoms with van der Waals surface area (Å²) in [6.07, 6.45) is -16.1. The molecular formula is C72H78N12O6. The summed E-state index contributed by atoms with van der Waals surface area (Å²) in [5.41, 5.74) is -2.10. The number of rotatable bonds is 21. The third kappa shape index (κ3) is 14.6. The zero-order valence-electron chi connectivity index (χ0n) is 83.8. The van der Waals surface area contributed by atoms with Crippen LogP contribution in [0.4, 0.5) is 17.1 Å². The van der Waals surface area contributed by atoms with E-state index in [2.05, 4.69) is 60.9 Å². The van der Waals surface area contributed by atoms with Gasteiger partial charge in [0, 0.05) is 74.8 Å². The van der Waals surface area contributed by atoms with Gasteiger partial charge in [-0.05, 0) is 206 Å². The fraction of sp³-hybridized carbons (Fsp3) is 0.375. The summed E-state index contributed by atoms with van der Waals surface area (Å²) in [6.45, 7) is 29.7. The highest BCUT2D eigenvalue weighted by molar-refractivity contribution is 5.74. The van der Waals surface area contributed by atoms with Crippen LogP contribution in [0.5, 0.6) is 17.2 Å². The van der Waals surface area contributed by atoms with Gasteiger partial charge in [-0.3, -0.25) is 0 Å². The minimum Gasteiger partial charge on any atom is -0.502 e. The Morgan fingerprint density at radius 1 is 0.522 bits per heavy atom. The number of hydrogen-bond acceptors (Lipinski definition) is 15. The average Bonchev–Trinajstić information content (AvgIpc) is 1.57. The zero-order valence-corrected chi connectivity index (χ0v) is 49.8. The molecule has 3 aliphatic rings. The molecule has 9 aromatic rings. The highest BCUT2D eigenvalue weighted by Crippen LogP contribution is 2.42. The van der Waals surface area contributed by atoms with Gasteiger partial charge in [0.2, 0.25) is 34.5 Å². The van der Waals surface area contributed by atoms with Crippen LogP contribution in [-0.2, 0) is 19.3 Å². The van der Waals surface area contributed by atoms with Gasteiger partial charge in [-0.15, -0.1) is 0 Å². The monoisotopic (exact) mass is 1240 g/mol. The van der Waals surface area contributed by atoms with E-state index in [0.29, 0.717) is 11.1 Å². The molecule has 3 heterocycles. The molecule has 0 saturated heterocycles. The maximum atomic E-state index is 8.58. The van der Waals surface area contributed by atoms with Gasteiger partial charge in [0.05, 0.1) is 61.3 Å². The SMILES string of the molecule is [2H]c1c([2H])c(-c2noc(-c3c([2H])c([2H])c(OC([2H])(C)C)c([N+]#[C-])c3[2H])n2)c2c(c1[2H])[C@@H](NC([2H])([2H])C([2H])([2H])C)C([2H])([2H])C2.[2H]c1c([2H])c(-c2noc(-c3c([2H])c([2H])c(OC([2H])(C)C)c([N+]#[C-])c3[2H])n2)c2c(c1[2H])[C@@H](NC([2H])([2H])CC)C([2H])([2H])C2.[2H]c1cc2c(c(-c3noc(-c4c([2H])c([2H])c(OC([2H])(C)C)c([N+]#[C-])c4[2H])n3)c1[2H])CC([2H])([2H])[C@@H]2NCC([2H])([2H])C. The molecule has 0 spiro atoms. The van der Waals surface area contributed by atoms with Crippen LogP contribution in [-0.4, -0.2) is 68.2 Å². The van der Waals surface area contributed by atoms with Crippen molar-refractivity contribution in [1.29, 1.82) is 0 Å². The number of aromatic nitrogens is 6. The molecule has 0 aliphatic heterocycles. The van der Waals surface area contributed by atoms with Crippen molar-refractivity contribution in [1.82, 2.24) is 46.4 Å². The largest absolute Gasteiger partial charge is 0.502 e. The summed E-state index contributed by atoms with van der Waals surface area (Å²) in [4.78, 5) is 22.4. The van der Waals surface area contributed by atoms with E-state index in [0.717, 1.165) is 6.92 Å². The molecule has 18 heteroatoms. The Hall–Kier alpha value is -9.51. The first-order valence-electron chi connectivity index (χ1n) is 44.6. The Bertz CT molecular complexity index is 5920. The average molecular weight is 1240 g/mol. The van der Waals surface area contributed by atoms with Gasteiger partial charge >= 0.3 is 0 Å². The van der Waals surface area contributed by atoms with Crippen molar-refractivity contribution in [2.75, 3.05) is 19.5 Å². The maximum absolute atomic E-state index is 8.58. The number of nitrogens with one attached hydrogen (secondary N) is 3. The van der Waals surface area contributed by atoms with Gasteiger partial charge < -0.3 is 43.7 Å². The van der Waals surface area contributed by atoms with E-state index < -0.39 is 230 Å². The lowest BCUT2D eigenvalue weighted by Gasteiger charge is -2.13. The second-order valence-corrected chi connectivity index (χ2v) is 19.8. The molecule has 3 aliphatic carbocycles. The lowest BCUT2D eigenvalue weighted by atomic mass is 10.0. The van der Waals surface area contributed by atoms with Gasteiger partial charge in [0.25, 0.3) is 17.7 Å². The Kier molecular flexibility index (Phi) is 11.0. The highest BCUT2D eigenvalue weighted by atomic mass is 16.5. The smallest absolute Gasteiger partial charge is 0.256 e. The van der Waals surface area contributed by atoms with E-state index in [1.165, 1.54) is 54.5 Å². The van der Waals surface area contributed by atoms with E-state index in [9.17, 15) is 0 Å². The van der Waals surface area contributed by atoms with Gasteiger partial charge in [-0.25, -0.2) is 14.5 Å². The molecule has 3 N–H and O–H groups in total. The van der Waals surface area contributed by atoms with E-state index >= 15 is 0 Å². The van der Waals surface area contributed by atoms with Crippen LogP contribution in [0.3, 0.4) is 0 Å². The topological polar surface area (TPSA) is 194 Å². The van der Waals surface area contributed by atoms with Crippen LogP contribution in [0.2, 0.25) is 0 Å². The Morgan fingerprint density at radius 3 is 1.27 bits per heavy atom. The number of fused-ring (bicyclic) bond motifs is 3. The lowest BCUT2D eigenvalue weighted by Crippen LogP contribution is -2.19. The molecule has 0 bridgehead atoms. The van der Waals surface area contributed by atoms with E-state index in [-0.39, 0.29) is 111 Å². The number of hydrogen-bond donors (Lipinski definition) is 3. The summed E-state index contributed by atoms with van der Waals surface area (Å²) in [6, 6.07) is -11.5. The lowest BCUT2D eigenvalue weighted by molar-refractivity contribution is 0.244. The molecule has 0 amide bonds. The van der Waals surface area contributed by atoms with Crippen LogP contribution in [0, 0.1) is 19.7 Å². The fourth-order valence-corrected chi connectivity index (χ4v) is 9.00. The molecule has 0 fully saturated rings. The molecule has 90 heavy (non-hydrogen) atoms. The highest BCUT2D eigenvalue weighted by Gasteiger charge is 2.30. The van der Waals surface area contributed by atoms with Crippen LogP contribution >= 0.6 is 0 Å². The van der Waals surface area contributed by atoms with Crippen molar-refractivity contribution in [3.63, 3.8) is 0 Å². The van der Waals surface area contributed by atoms with E-state index in [1.54, 1.807) is 6.92 Å². The summed E-state index contributed by atoms with van der Waals surface area (Å²) < 4.78 is 314. The van der Waals surface area contributed by atoms with Gasteiger partial charge in [-0.1, -0.05) is 90.6 Å². The molecule has 12 rings (SSSR count). The first-order valence-corrected chi connectivity index (χ1v) is 27.6. The molecule has 3 aromatic heterocycles. The molecular weight excluding hydrogens is 1130 g/mol. The minimum absolute atomic E-state index is 0.000262. The standard InChI is InChI=1S/3C24H26N4O2/c3*1-5-13-26-20-11-10-17-18(20)7-6-8-19(17)23-27-24(30-28-23)16-9-12-22(29-15(2)3)21(14-16)25-4/h3*6-9,12,14-15,20,26H,5,10-11,13H2,1-3H3/t3*20-/m000/s1/i5D2,6D,7D,8D,9D,11D2,12D,13D2,14D,15D;6D,7D,8D,9D,11D2,12D,13D2,14D,15D;5D2,6D,8D,9D,11D2,12D,14D,15D. The molecule has 18 nitrogen and oxygen atoms in total. The van der Waals surface area contributed by atoms with Crippen molar-refractivity contribution < 1.29 is 74.4 Å². The second-order valence-electron chi connectivity index (χ2n) is 19.8. The number of nitrogens with zero attached hydrogens (tertiary/aromatic N) is 9. The van der Waals surface area contributed by atoms with Gasteiger partial charge in [0.1, 0.15) is 17.2 Å². The second kappa shape index (κ2) is 29.7. The van der Waals surface area contributed by atoms with Crippen molar-refractivity contribution in [3.05, 3.63) is 176 Å². The number of benzene rings is 6. The van der Waals surface area contributed by atoms with Crippen LogP contribution < -0.4 is 30.2 Å². The van der Waals surface area contributed by atoms with E-state index in [1.807, 2.05) is 0 Å².